The monoisotopic (exact) mass is 208 g/mol. The third-order valence-corrected chi connectivity index (χ3v) is 1.98. The minimum absolute atomic E-state index is 0.611. The van der Waals surface area contributed by atoms with E-state index in [1.165, 1.54) is 6.33 Å². The first-order chi connectivity index (χ1) is 6.84. The molecule has 0 radical (unpaired) electrons. The SMILES string of the molecule is Clc1cccc(NCc2ncn[nH]2)c1. The van der Waals surface area contributed by atoms with E-state index >= 15 is 0 Å². The molecule has 4 nitrogen and oxygen atoms in total. The van der Waals surface area contributed by atoms with Gasteiger partial charge in [0, 0.05) is 10.7 Å². The number of nitrogens with one attached hydrogen (secondary N) is 2. The molecule has 5 heteroatoms. The maximum Gasteiger partial charge on any atom is 0.143 e. The summed E-state index contributed by atoms with van der Waals surface area (Å²) in [6.45, 7) is 0.611. The standard InChI is InChI=1S/C9H9ClN4/c10-7-2-1-3-8(4-7)11-5-9-12-6-13-14-9/h1-4,6,11H,5H2,(H,12,13,14). The summed E-state index contributed by atoms with van der Waals surface area (Å²) in [4.78, 5) is 3.99. The van der Waals surface area contributed by atoms with Crippen molar-refractivity contribution >= 4 is 17.3 Å². The average Bonchev–Trinajstić information content (AvgIpc) is 2.67. The van der Waals surface area contributed by atoms with Gasteiger partial charge in [-0.1, -0.05) is 17.7 Å². The zero-order valence-electron chi connectivity index (χ0n) is 7.37. The summed E-state index contributed by atoms with van der Waals surface area (Å²) in [6.07, 6.45) is 1.48. The molecule has 0 unspecified atom stereocenters. The smallest absolute Gasteiger partial charge is 0.143 e. The van der Waals surface area contributed by atoms with Gasteiger partial charge in [0.25, 0.3) is 0 Å². The lowest BCUT2D eigenvalue weighted by Gasteiger charge is -2.03. The van der Waals surface area contributed by atoms with E-state index < -0.39 is 0 Å². The van der Waals surface area contributed by atoms with Crippen LogP contribution in [0.15, 0.2) is 30.6 Å². The second-order valence-corrected chi connectivity index (χ2v) is 3.23. The van der Waals surface area contributed by atoms with Crippen molar-refractivity contribution in [3.05, 3.63) is 41.4 Å². The van der Waals surface area contributed by atoms with Gasteiger partial charge in [-0.2, -0.15) is 5.10 Å². The van der Waals surface area contributed by atoms with E-state index in [0.717, 1.165) is 11.5 Å². The number of hydrogen-bond donors (Lipinski definition) is 2. The van der Waals surface area contributed by atoms with Crippen LogP contribution in [0.2, 0.25) is 5.02 Å². The lowest BCUT2D eigenvalue weighted by atomic mass is 10.3. The van der Waals surface area contributed by atoms with Gasteiger partial charge < -0.3 is 5.32 Å². The van der Waals surface area contributed by atoms with Crippen molar-refractivity contribution < 1.29 is 0 Å². The predicted molar refractivity (Wildman–Crippen MR) is 55.2 cm³/mol. The molecule has 2 N–H and O–H groups in total. The van der Waals surface area contributed by atoms with E-state index in [1.54, 1.807) is 0 Å². The summed E-state index contributed by atoms with van der Waals surface area (Å²) in [5.41, 5.74) is 0.967. The quantitative estimate of drug-likeness (QED) is 0.812. The lowest BCUT2D eigenvalue weighted by Crippen LogP contribution is -2.00. The Morgan fingerprint density at radius 3 is 3.07 bits per heavy atom. The van der Waals surface area contributed by atoms with Gasteiger partial charge in [0.15, 0.2) is 0 Å². The van der Waals surface area contributed by atoms with E-state index in [2.05, 4.69) is 20.5 Å². The summed E-state index contributed by atoms with van der Waals surface area (Å²) in [5.74, 6) is 0.796. The molecular weight excluding hydrogens is 200 g/mol. The Kier molecular flexibility index (Phi) is 2.65. The molecule has 2 aromatic rings. The maximum atomic E-state index is 5.83. The summed E-state index contributed by atoms with van der Waals surface area (Å²) in [5, 5.41) is 10.4. The molecule has 1 aromatic carbocycles. The van der Waals surface area contributed by atoms with Gasteiger partial charge in [0.1, 0.15) is 12.2 Å². The van der Waals surface area contributed by atoms with Crippen LogP contribution in [0.1, 0.15) is 5.82 Å². The van der Waals surface area contributed by atoms with E-state index in [-0.39, 0.29) is 0 Å². The molecule has 2 rings (SSSR count). The normalized spacial score (nSPS) is 10.1. The van der Waals surface area contributed by atoms with Gasteiger partial charge in [0.05, 0.1) is 6.54 Å². The van der Waals surface area contributed by atoms with E-state index in [0.29, 0.717) is 11.6 Å². The van der Waals surface area contributed by atoms with Gasteiger partial charge in [-0.05, 0) is 18.2 Å². The van der Waals surface area contributed by atoms with Crippen LogP contribution in [-0.2, 0) is 6.54 Å². The number of aromatic amines is 1. The molecule has 0 saturated heterocycles. The Hall–Kier alpha value is -1.55. The van der Waals surface area contributed by atoms with Crippen molar-refractivity contribution in [2.75, 3.05) is 5.32 Å². The Morgan fingerprint density at radius 1 is 1.43 bits per heavy atom. The summed E-state index contributed by atoms with van der Waals surface area (Å²) in [6, 6.07) is 7.53. The van der Waals surface area contributed by atoms with Crippen LogP contribution in [0.4, 0.5) is 5.69 Å². The molecular formula is C9H9ClN4. The zero-order valence-corrected chi connectivity index (χ0v) is 8.12. The van der Waals surface area contributed by atoms with Crippen LogP contribution in [0, 0.1) is 0 Å². The number of benzene rings is 1. The molecule has 0 bridgehead atoms. The number of H-pyrrole nitrogens is 1. The molecule has 0 fully saturated rings. The number of anilines is 1. The number of halogens is 1. The molecule has 0 aliphatic carbocycles. The van der Waals surface area contributed by atoms with Gasteiger partial charge in [-0.25, -0.2) is 4.98 Å². The highest BCUT2D eigenvalue weighted by Gasteiger charge is 1.96. The third-order valence-electron chi connectivity index (χ3n) is 1.75. The van der Waals surface area contributed by atoms with Gasteiger partial charge >= 0.3 is 0 Å². The summed E-state index contributed by atoms with van der Waals surface area (Å²) < 4.78 is 0. The fourth-order valence-corrected chi connectivity index (χ4v) is 1.29. The Balaban J connectivity index is 1.98. The van der Waals surface area contributed by atoms with Crippen molar-refractivity contribution in [2.24, 2.45) is 0 Å². The highest BCUT2D eigenvalue weighted by atomic mass is 35.5. The first-order valence-corrected chi connectivity index (χ1v) is 4.56. The molecule has 1 heterocycles. The fourth-order valence-electron chi connectivity index (χ4n) is 1.10. The molecule has 1 aromatic heterocycles. The van der Waals surface area contributed by atoms with E-state index in [1.807, 2.05) is 24.3 Å². The maximum absolute atomic E-state index is 5.83. The zero-order chi connectivity index (χ0) is 9.80. The van der Waals surface area contributed by atoms with Crippen molar-refractivity contribution in [3.63, 3.8) is 0 Å². The molecule has 0 aliphatic heterocycles. The topological polar surface area (TPSA) is 53.6 Å². The number of rotatable bonds is 3. The van der Waals surface area contributed by atoms with E-state index in [9.17, 15) is 0 Å². The number of aromatic nitrogens is 3. The Morgan fingerprint density at radius 2 is 2.36 bits per heavy atom. The van der Waals surface area contributed by atoms with Crippen molar-refractivity contribution in [2.45, 2.75) is 6.54 Å². The summed E-state index contributed by atoms with van der Waals surface area (Å²) >= 11 is 5.83. The largest absolute Gasteiger partial charge is 0.378 e. The third kappa shape index (κ3) is 2.23. The molecule has 0 amide bonds. The van der Waals surface area contributed by atoms with Crippen molar-refractivity contribution in [1.29, 1.82) is 0 Å². The highest BCUT2D eigenvalue weighted by Crippen LogP contribution is 2.14. The Bertz CT molecular complexity index is 399. The van der Waals surface area contributed by atoms with Crippen LogP contribution in [0.25, 0.3) is 0 Å². The van der Waals surface area contributed by atoms with Crippen LogP contribution < -0.4 is 5.32 Å². The van der Waals surface area contributed by atoms with Crippen LogP contribution in [0.3, 0.4) is 0 Å². The fraction of sp³-hybridized carbons (Fsp3) is 0.111. The first kappa shape index (κ1) is 9.02. The molecule has 0 spiro atoms. The van der Waals surface area contributed by atoms with Gasteiger partial charge in [-0.3, -0.25) is 5.10 Å². The van der Waals surface area contributed by atoms with Crippen molar-refractivity contribution in [3.8, 4) is 0 Å². The first-order valence-electron chi connectivity index (χ1n) is 4.18. The van der Waals surface area contributed by atoms with E-state index in [4.69, 9.17) is 11.6 Å². The molecule has 0 atom stereocenters. The second-order valence-electron chi connectivity index (χ2n) is 2.80. The predicted octanol–water partition coefficient (Wildman–Crippen LogP) is 2.07. The van der Waals surface area contributed by atoms with Crippen LogP contribution >= 0.6 is 11.6 Å². The van der Waals surface area contributed by atoms with Gasteiger partial charge in [0.2, 0.25) is 0 Å². The average molecular weight is 209 g/mol. The van der Waals surface area contributed by atoms with Crippen LogP contribution in [0.5, 0.6) is 0 Å². The van der Waals surface area contributed by atoms with Crippen LogP contribution in [-0.4, -0.2) is 15.2 Å². The number of hydrogen-bond acceptors (Lipinski definition) is 3. The van der Waals surface area contributed by atoms with Gasteiger partial charge in [-0.15, -0.1) is 0 Å². The molecule has 0 aliphatic rings. The number of nitrogens with zero attached hydrogens (tertiary/aromatic N) is 2. The Labute approximate surface area is 86.3 Å². The minimum atomic E-state index is 0.611. The highest BCUT2D eigenvalue weighted by molar-refractivity contribution is 6.30. The molecule has 0 saturated carbocycles. The molecule has 14 heavy (non-hydrogen) atoms. The molecule has 72 valence electrons. The minimum Gasteiger partial charge on any atom is -0.378 e. The summed E-state index contributed by atoms with van der Waals surface area (Å²) in [7, 11) is 0. The van der Waals surface area contributed by atoms with Crippen molar-refractivity contribution in [1.82, 2.24) is 15.2 Å². The second kappa shape index (κ2) is 4.11. The lowest BCUT2D eigenvalue weighted by molar-refractivity contribution is 0.955.